The molecule has 2 aromatic carbocycles. The van der Waals surface area contributed by atoms with E-state index in [9.17, 15) is 32.3 Å². The molecule has 1 saturated heterocycles. The highest BCUT2D eigenvalue weighted by molar-refractivity contribution is 7.10. The molecule has 14 nitrogen and oxygen atoms in total. The molecular weight excluding hydrogens is 850 g/mol. The van der Waals surface area contributed by atoms with Crippen molar-refractivity contribution < 1.29 is 41.6 Å². The van der Waals surface area contributed by atoms with Gasteiger partial charge in [0.05, 0.1) is 18.7 Å². The molecule has 2 aliphatic rings. The van der Waals surface area contributed by atoms with E-state index < -0.39 is 24.2 Å². The van der Waals surface area contributed by atoms with Crippen LogP contribution in [0.25, 0.3) is 11.4 Å². The van der Waals surface area contributed by atoms with Gasteiger partial charge in [0.25, 0.3) is 5.91 Å². The summed E-state index contributed by atoms with van der Waals surface area (Å²) >= 11 is 1.39. The molecule has 64 heavy (non-hydrogen) atoms. The first-order valence-electron chi connectivity index (χ1n) is 22.3. The monoisotopic (exact) mass is 908 g/mol. The van der Waals surface area contributed by atoms with Crippen molar-refractivity contribution in [1.29, 1.82) is 0 Å². The Labute approximate surface area is 376 Å². The molecule has 3 N–H and O–H groups in total. The number of ether oxygens (including phenoxy) is 1. The first kappa shape index (κ1) is 48.3. The van der Waals surface area contributed by atoms with Gasteiger partial charge in [0.2, 0.25) is 23.4 Å². The summed E-state index contributed by atoms with van der Waals surface area (Å²) < 4.78 is 48.8. The fourth-order valence-corrected chi connectivity index (χ4v) is 9.24. The van der Waals surface area contributed by atoms with Crippen LogP contribution >= 0.6 is 11.3 Å². The molecule has 1 aliphatic heterocycles. The van der Waals surface area contributed by atoms with Gasteiger partial charge in [-0.05, 0) is 109 Å². The Kier molecular flexibility index (Phi) is 17.1. The van der Waals surface area contributed by atoms with Gasteiger partial charge in [0.15, 0.2) is 0 Å². The summed E-state index contributed by atoms with van der Waals surface area (Å²) in [5.74, 6) is -1.73. The zero-order valence-corrected chi connectivity index (χ0v) is 37.7. The van der Waals surface area contributed by atoms with E-state index in [2.05, 4.69) is 42.4 Å². The van der Waals surface area contributed by atoms with Crippen molar-refractivity contribution in [2.24, 2.45) is 5.92 Å². The Hall–Kier alpha value is -5.20. The predicted molar refractivity (Wildman–Crippen MR) is 236 cm³/mol. The van der Waals surface area contributed by atoms with Crippen LogP contribution in [0.3, 0.4) is 0 Å². The number of alkyl halides is 3. The summed E-state index contributed by atoms with van der Waals surface area (Å²) in [6.45, 7) is 9.09. The van der Waals surface area contributed by atoms with Crippen LogP contribution < -0.4 is 20.7 Å². The van der Waals surface area contributed by atoms with E-state index in [1.165, 1.54) is 35.6 Å². The number of thiazole rings is 1. The van der Waals surface area contributed by atoms with Crippen molar-refractivity contribution in [1.82, 2.24) is 40.9 Å². The summed E-state index contributed by atoms with van der Waals surface area (Å²) in [6, 6.07) is 11.6. The third kappa shape index (κ3) is 12.7. The van der Waals surface area contributed by atoms with Crippen LogP contribution in [0.2, 0.25) is 0 Å². The molecule has 4 aromatic rings. The van der Waals surface area contributed by atoms with Crippen molar-refractivity contribution in [3.05, 3.63) is 81.6 Å². The number of amides is 3. The summed E-state index contributed by atoms with van der Waals surface area (Å²) in [4.78, 5) is 66.0. The molecule has 3 amide bonds. The second-order valence-corrected chi connectivity index (χ2v) is 17.6. The van der Waals surface area contributed by atoms with Crippen molar-refractivity contribution in [2.75, 3.05) is 39.8 Å². The molecule has 0 radical (unpaired) electrons. The molecule has 3 heterocycles. The van der Waals surface area contributed by atoms with Gasteiger partial charge in [-0.2, -0.15) is 18.2 Å². The average Bonchev–Trinajstić information content (AvgIpc) is 4.11. The fraction of sp³-hybridized carbons (Fsp3) is 0.543. The number of halogens is 3. The number of hydrogen-bond acceptors (Lipinski definition) is 12. The van der Waals surface area contributed by atoms with Gasteiger partial charge < -0.3 is 35.0 Å². The van der Waals surface area contributed by atoms with E-state index in [0.717, 1.165) is 82.3 Å². The second-order valence-electron chi connectivity index (χ2n) is 16.7. The lowest BCUT2D eigenvalue weighted by atomic mass is 9.83. The summed E-state index contributed by atoms with van der Waals surface area (Å²) in [5.41, 5.74) is 1.45. The smallest absolute Gasteiger partial charge is 0.471 e. The van der Waals surface area contributed by atoms with E-state index in [0.29, 0.717) is 47.8 Å². The van der Waals surface area contributed by atoms with Crippen LogP contribution in [0.15, 0.2) is 58.4 Å². The van der Waals surface area contributed by atoms with Crippen molar-refractivity contribution in [3.63, 3.8) is 0 Å². The topological polar surface area (TPSA) is 172 Å². The number of likely N-dealkylation sites (N-methyl/N-ethyl adjacent to an activating group) is 2. The van der Waals surface area contributed by atoms with Crippen LogP contribution in [0.4, 0.5) is 13.2 Å². The zero-order valence-electron chi connectivity index (χ0n) is 36.9. The number of carbonyl (C=O) groups is 4. The number of likely N-dealkylation sites (tertiary alicyclic amines) is 1. The average molecular weight is 909 g/mol. The lowest BCUT2D eigenvalue weighted by Crippen LogP contribution is -2.55. The van der Waals surface area contributed by atoms with Gasteiger partial charge in [-0.25, -0.2) is 4.98 Å². The second kappa shape index (κ2) is 22.6. The Bertz CT molecular complexity index is 2180. The first-order chi connectivity index (χ1) is 30.7. The third-order valence-corrected chi connectivity index (χ3v) is 12.9. The minimum atomic E-state index is -4.74. The fourth-order valence-electron chi connectivity index (χ4n) is 8.29. The molecular formula is C46H59F3N8O6S. The Morgan fingerprint density at radius 1 is 0.953 bits per heavy atom. The highest BCUT2D eigenvalue weighted by Crippen LogP contribution is 2.37. The molecule has 1 aliphatic carbocycles. The number of rotatable bonds is 21. The number of aromatic nitrogens is 3. The molecule has 6 rings (SSSR count). The number of carbonyl (C=O) groups excluding carboxylic acids is 4. The van der Waals surface area contributed by atoms with Gasteiger partial charge >= 0.3 is 12.1 Å². The molecule has 1 saturated carbocycles. The zero-order chi connectivity index (χ0) is 45.8. The van der Waals surface area contributed by atoms with Crippen molar-refractivity contribution in [3.8, 4) is 17.1 Å². The van der Waals surface area contributed by atoms with Gasteiger partial charge in [-0.1, -0.05) is 55.6 Å². The summed E-state index contributed by atoms with van der Waals surface area (Å²) in [7, 11) is 1.73. The van der Waals surface area contributed by atoms with Crippen molar-refractivity contribution in [2.45, 2.75) is 115 Å². The minimum absolute atomic E-state index is 0.0670. The number of nitrogens with zero attached hydrogens (tertiary/aromatic N) is 5. The summed E-state index contributed by atoms with van der Waals surface area (Å²) in [5, 5.41) is 14.9. The van der Waals surface area contributed by atoms with Crippen LogP contribution in [-0.2, 0) is 15.8 Å². The molecule has 4 atom stereocenters. The van der Waals surface area contributed by atoms with E-state index >= 15 is 0 Å². The maximum atomic E-state index is 14.2. The van der Waals surface area contributed by atoms with Crippen LogP contribution in [0.5, 0.6) is 5.75 Å². The third-order valence-electron chi connectivity index (χ3n) is 12.0. The normalized spacial score (nSPS) is 17.2. The van der Waals surface area contributed by atoms with E-state index in [1.54, 1.807) is 37.6 Å². The largest absolute Gasteiger partial charge is 0.494 e. The Morgan fingerprint density at radius 2 is 1.72 bits per heavy atom. The highest BCUT2D eigenvalue weighted by atomic mass is 32.1. The van der Waals surface area contributed by atoms with Gasteiger partial charge in [-0.15, -0.1) is 11.3 Å². The number of ketones is 1. The van der Waals surface area contributed by atoms with Crippen LogP contribution in [-0.4, -0.2) is 106 Å². The molecule has 0 unspecified atom stereocenters. The number of nitrogens with one attached hydrogen (secondary N) is 3. The number of benzene rings is 2. The molecule has 346 valence electrons. The first-order valence-corrected chi connectivity index (χ1v) is 23.2. The minimum Gasteiger partial charge on any atom is -0.494 e. The standard InChI is InChI=1S/C46H59F3N8O6S/c1-5-56(27-29(2)51-42(60)33-21-19-32(20-22-33)40-54-45(63-55-40)46(47,48)49)23-10-7-11-25-62-35-17-12-16-34(26-35)39(58)36-28-64-43(52-36)37-18-13-24-57(37)44(61)38(31-14-8-6-9-15-31)53-41(59)30(3)50-4/h12,16-17,19-22,26,28-31,37-38,50H,5-11,13-15,18,23-25,27H2,1-4H3,(H,51,60)(H,53,59)/t29-,30+,37+,38+/m1/s1. The molecule has 18 heteroatoms. The maximum absolute atomic E-state index is 14.2. The predicted octanol–water partition coefficient (Wildman–Crippen LogP) is 7.47. The lowest BCUT2D eigenvalue weighted by molar-refractivity contribution is -0.159. The van der Waals surface area contributed by atoms with Gasteiger partial charge in [-0.3, -0.25) is 19.2 Å². The van der Waals surface area contributed by atoms with Crippen LogP contribution in [0, 0.1) is 5.92 Å². The van der Waals surface area contributed by atoms with E-state index in [4.69, 9.17) is 9.72 Å². The van der Waals surface area contributed by atoms with E-state index in [1.807, 2.05) is 17.9 Å². The highest BCUT2D eigenvalue weighted by Gasteiger charge is 2.41. The Morgan fingerprint density at radius 3 is 2.42 bits per heavy atom. The number of unbranched alkanes of at least 4 members (excludes halogenated alkanes) is 2. The van der Waals surface area contributed by atoms with E-state index in [-0.39, 0.29) is 47.3 Å². The Balaban J connectivity index is 0.931. The summed E-state index contributed by atoms with van der Waals surface area (Å²) in [6.07, 6.45) is 4.52. The maximum Gasteiger partial charge on any atom is 0.471 e. The SMILES string of the molecule is CCN(CCCCCOc1cccc(C(=O)c2csc([C@@H]3CCCN3C(=O)[C@@H](NC(=O)[C@H](C)NC)C3CCCCC3)n2)c1)C[C@@H](C)NC(=O)c1ccc(-c2noc(C(F)(F)F)n2)cc1. The quantitative estimate of drug-likeness (QED) is 0.0560. The number of hydrogen-bond donors (Lipinski definition) is 3. The van der Waals surface area contributed by atoms with Crippen LogP contribution in [0.1, 0.15) is 128 Å². The molecule has 0 spiro atoms. The molecule has 2 aromatic heterocycles. The van der Waals surface area contributed by atoms with Gasteiger partial charge in [0.1, 0.15) is 22.5 Å². The molecule has 2 fully saturated rings. The lowest BCUT2D eigenvalue weighted by Gasteiger charge is -2.35. The van der Waals surface area contributed by atoms with Crippen molar-refractivity contribution >= 4 is 34.8 Å². The van der Waals surface area contributed by atoms with Gasteiger partial charge in [0, 0.05) is 41.2 Å². The molecule has 0 bridgehead atoms.